The van der Waals surface area contributed by atoms with Gasteiger partial charge >= 0.3 is 0 Å². The monoisotopic (exact) mass is 323 g/mol. The van der Waals surface area contributed by atoms with E-state index in [0.717, 1.165) is 6.42 Å². The summed E-state index contributed by atoms with van der Waals surface area (Å²) in [5.74, 6) is 1.08. The van der Waals surface area contributed by atoms with Crippen LogP contribution in [0.25, 0.3) is 10.9 Å². The van der Waals surface area contributed by atoms with Crippen molar-refractivity contribution in [2.24, 2.45) is 0 Å². The number of unbranched alkanes of at least 4 members (excludes halogenated alkanes) is 1. The van der Waals surface area contributed by atoms with Gasteiger partial charge in [0.25, 0.3) is 5.56 Å². The molecular formula is C15H17NO5S. The molecule has 1 N–H and O–H groups in total. The molecule has 1 aliphatic heterocycles. The van der Waals surface area contributed by atoms with Crippen molar-refractivity contribution in [2.75, 3.05) is 12.5 Å². The van der Waals surface area contributed by atoms with Gasteiger partial charge in [0, 0.05) is 11.5 Å². The topological polar surface area (TPSA) is 85.5 Å². The predicted molar refractivity (Wildman–Crippen MR) is 82.4 cm³/mol. The van der Waals surface area contributed by atoms with Crippen LogP contribution in [-0.4, -0.2) is 25.9 Å². The van der Waals surface area contributed by atoms with Crippen molar-refractivity contribution >= 4 is 20.7 Å². The summed E-state index contributed by atoms with van der Waals surface area (Å²) in [6.45, 7) is 3.68. The number of nitrogens with one attached hydrogen (secondary N) is 1. The number of aromatic nitrogens is 1. The van der Waals surface area contributed by atoms with Crippen LogP contribution < -0.4 is 15.0 Å². The number of sulfone groups is 1. The van der Waals surface area contributed by atoms with Gasteiger partial charge in [0.05, 0.1) is 11.3 Å². The molecule has 0 aliphatic carbocycles. The fourth-order valence-corrected chi connectivity index (χ4v) is 4.42. The Labute approximate surface area is 128 Å². The molecule has 7 heteroatoms. The quantitative estimate of drug-likeness (QED) is 0.931. The van der Waals surface area contributed by atoms with E-state index < -0.39 is 15.4 Å². The summed E-state index contributed by atoms with van der Waals surface area (Å²) in [4.78, 5) is 14.8. The van der Waals surface area contributed by atoms with E-state index in [0.29, 0.717) is 34.4 Å². The van der Waals surface area contributed by atoms with Gasteiger partial charge in [0.2, 0.25) is 6.79 Å². The van der Waals surface area contributed by atoms with E-state index in [2.05, 4.69) is 4.98 Å². The number of hydrogen-bond donors (Lipinski definition) is 1. The lowest BCUT2D eigenvalue weighted by Crippen LogP contribution is -2.21. The Morgan fingerprint density at radius 1 is 1.23 bits per heavy atom. The van der Waals surface area contributed by atoms with Gasteiger partial charge in [-0.05, 0) is 25.0 Å². The van der Waals surface area contributed by atoms with Gasteiger partial charge in [-0.25, -0.2) is 8.42 Å². The van der Waals surface area contributed by atoms with Gasteiger partial charge in [-0.1, -0.05) is 13.3 Å². The zero-order valence-corrected chi connectivity index (χ0v) is 13.2. The Bertz CT molecular complexity index is 898. The van der Waals surface area contributed by atoms with Crippen LogP contribution in [-0.2, 0) is 9.84 Å². The fourth-order valence-electron chi connectivity index (χ4n) is 2.64. The van der Waals surface area contributed by atoms with Crippen LogP contribution in [0, 0.1) is 6.92 Å². The van der Waals surface area contributed by atoms with E-state index in [1.54, 1.807) is 19.1 Å². The zero-order valence-electron chi connectivity index (χ0n) is 12.4. The average Bonchev–Trinajstić information content (AvgIpc) is 2.90. The number of fused-ring (bicyclic) bond motifs is 2. The number of pyridine rings is 1. The highest BCUT2D eigenvalue weighted by Gasteiger charge is 2.24. The standard InChI is InChI=1S/C15H17NO5S/c1-3-4-5-22(18,19)14-9(2)10-6-12-13(21-8-20-12)7-11(10)16-15(14)17/h6-7H,3-5,8H2,1-2H3,(H,16,17). The van der Waals surface area contributed by atoms with E-state index in [1.165, 1.54) is 0 Å². The number of ether oxygens (including phenoxy) is 2. The van der Waals surface area contributed by atoms with Gasteiger partial charge in [-0.2, -0.15) is 0 Å². The van der Waals surface area contributed by atoms with Crippen molar-refractivity contribution in [3.8, 4) is 11.5 Å². The molecule has 1 aromatic heterocycles. The average molecular weight is 323 g/mol. The zero-order chi connectivity index (χ0) is 15.9. The minimum Gasteiger partial charge on any atom is -0.454 e. The van der Waals surface area contributed by atoms with Gasteiger partial charge < -0.3 is 14.5 Å². The maximum Gasteiger partial charge on any atom is 0.267 e. The van der Waals surface area contributed by atoms with Gasteiger partial charge in [-0.3, -0.25) is 4.79 Å². The summed E-state index contributed by atoms with van der Waals surface area (Å²) in [5.41, 5.74) is 0.411. The molecule has 118 valence electrons. The third kappa shape index (κ3) is 2.35. The molecule has 0 saturated carbocycles. The molecule has 0 radical (unpaired) electrons. The SMILES string of the molecule is CCCCS(=O)(=O)c1c(C)c2cc3c(cc2[nH]c1=O)OCO3. The molecule has 0 fully saturated rings. The summed E-state index contributed by atoms with van der Waals surface area (Å²) in [6, 6.07) is 3.37. The Hall–Kier alpha value is -2.02. The normalized spacial score (nSPS) is 13.7. The Balaban J connectivity index is 2.24. The third-order valence-corrected chi connectivity index (χ3v) is 5.73. The summed E-state index contributed by atoms with van der Waals surface area (Å²) < 4.78 is 35.5. The lowest BCUT2D eigenvalue weighted by molar-refractivity contribution is 0.174. The number of hydrogen-bond acceptors (Lipinski definition) is 5. The minimum atomic E-state index is -3.61. The van der Waals surface area contributed by atoms with Gasteiger partial charge in [0.15, 0.2) is 21.3 Å². The van der Waals surface area contributed by atoms with Crippen LogP contribution in [0.2, 0.25) is 0 Å². The Morgan fingerprint density at radius 2 is 1.91 bits per heavy atom. The van der Waals surface area contributed by atoms with Crippen LogP contribution in [0.4, 0.5) is 0 Å². The summed E-state index contributed by atoms with van der Waals surface area (Å²) >= 11 is 0. The van der Waals surface area contributed by atoms with Crippen LogP contribution in [0.1, 0.15) is 25.3 Å². The first-order valence-corrected chi connectivity index (χ1v) is 8.78. The molecule has 0 spiro atoms. The second-order valence-corrected chi connectivity index (χ2v) is 7.38. The number of rotatable bonds is 4. The molecule has 2 heterocycles. The van der Waals surface area contributed by atoms with E-state index in [4.69, 9.17) is 9.47 Å². The molecule has 0 saturated heterocycles. The second kappa shape index (κ2) is 5.31. The molecule has 0 atom stereocenters. The lowest BCUT2D eigenvalue weighted by atomic mass is 10.1. The van der Waals surface area contributed by atoms with Crippen molar-refractivity contribution in [3.05, 3.63) is 28.0 Å². The molecule has 0 bridgehead atoms. The largest absolute Gasteiger partial charge is 0.454 e. The summed E-state index contributed by atoms with van der Waals surface area (Å²) in [7, 11) is -3.61. The van der Waals surface area contributed by atoms with Crippen molar-refractivity contribution in [1.29, 1.82) is 0 Å². The first-order valence-electron chi connectivity index (χ1n) is 7.13. The van der Waals surface area contributed by atoms with Crippen molar-refractivity contribution in [2.45, 2.75) is 31.6 Å². The van der Waals surface area contributed by atoms with E-state index in [9.17, 15) is 13.2 Å². The van der Waals surface area contributed by atoms with Crippen molar-refractivity contribution in [3.63, 3.8) is 0 Å². The number of benzene rings is 1. The Kier molecular flexibility index (Phi) is 3.60. The molecule has 1 aromatic carbocycles. The van der Waals surface area contributed by atoms with Crippen molar-refractivity contribution in [1.82, 2.24) is 4.98 Å². The highest BCUT2D eigenvalue weighted by Crippen LogP contribution is 2.36. The first kappa shape index (κ1) is 14.9. The van der Waals surface area contributed by atoms with E-state index >= 15 is 0 Å². The van der Waals surface area contributed by atoms with Crippen LogP contribution in [0.3, 0.4) is 0 Å². The van der Waals surface area contributed by atoms with E-state index in [1.807, 2.05) is 6.92 Å². The molecule has 1 aliphatic rings. The molecule has 3 rings (SSSR count). The fraction of sp³-hybridized carbons (Fsp3) is 0.400. The minimum absolute atomic E-state index is 0.0243. The van der Waals surface area contributed by atoms with Crippen molar-refractivity contribution < 1.29 is 17.9 Å². The molecule has 0 amide bonds. The molecule has 6 nitrogen and oxygen atoms in total. The Morgan fingerprint density at radius 3 is 2.59 bits per heavy atom. The molecular weight excluding hydrogens is 306 g/mol. The molecule has 22 heavy (non-hydrogen) atoms. The summed E-state index contributed by atoms with van der Waals surface area (Å²) in [6.07, 6.45) is 1.28. The van der Waals surface area contributed by atoms with E-state index in [-0.39, 0.29) is 17.4 Å². The molecule has 2 aromatic rings. The van der Waals surface area contributed by atoms with Gasteiger partial charge in [-0.15, -0.1) is 0 Å². The molecule has 0 unspecified atom stereocenters. The number of aromatic amines is 1. The second-order valence-electron chi connectivity index (χ2n) is 5.33. The predicted octanol–water partition coefficient (Wildman–Crippen LogP) is 2.14. The maximum absolute atomic E-state index is 12.4. The first-order chi connectivity index (χ1) is 10.4. The lowest BCUT2D eigenvalue weighted by Gasteiger charge is -2.10. The highest BCUT2D eigenvalue weighted by atomic mass is 32.2. The maximum atomic E-state index is 12.4. The third-order valence-electron chi connectivity index (χ3n) is 3.79. The van der Waals surface area contributed by atoms with Gasteiger partial charge in [0.1, 0.15) is 4.90 Å². The number of H-pyrrole nitrogens is 1. The smallest absolute Gasteiger partial charge is 0.267 e. The van der Waals surface area contributed by atoms with Crippen LogP contribution in [0.15, 0.2) is 21.8 Å². The van der Waals surface area contributed by atoms with Crippen LogP contribution >= 0.6 is 0 Å². The summed E-state index contributed by atoms with van der Waals surface area (Å²) in [5, 5.41) is 0.652. The highest BCUT2D eigenvalue weighted by molar-refractivity contribution is 7.91. The van der Waals surface area contributed by atoms with Crippen LogP contribution in [0.5, 0.6) is 11.5 Å². The number of aryl methyl sites for hydroxylation is 1.